The van der Waals surface area contributed by atoms with Gasteiger partial charge in [-0.05, 0) is 30.0 Å². The number of rotatable bonds is 8. The predicted octanol–water partition coefficient (Wildman–Crippen LogP) is -0.583. The van der Waals surface area contributed by atoms with Crippen LogP contribution < -0.4 is 27.7 Å². The minimum absolute atomic E-state index is 0.159. The highest BCUT2D eigenvalue weighted by atomic mass is 16.4. The molecule has 2 aromatic carbocycles. The number of aliphatic carboxylic acids is 1. The Bertz CT molecular complexity index is 900. The van der Waals surface area contributed by atoms with Crippen LogP contribution >= 0.6 is 0 Å². The average molecular weight is 414 g/mol. The zero-order chi connectivity index (χ0) is 22.1. The third-order valence-corrected chi connectivity index (χ3v) is 4.45. The van der Waals surface area contributed by atoms with Crippen LogP contribution in [0.25, 0.3) is 11.1 Å². The summed E-state index contributed by atoms with van der Waals surface area (Å²) >= 11 is 0. The summed E-state index contributed by atoms with van der Waals surface area (Å²) in [7, 11) is 0. The number of hydrazone groups is 1. The quantitative estimate of drug-likeness (QED) is 0.130. The molecule has 1 amide bonds. The monoisotopic (exact) mass is 414 g/mol. The number of benzene rings is 2. The van der Waals surface area contributed by atoms with Crippen molar-refractivity contribution in [1.82, 2.24) is 16.1 Å². The molecule has 0 aliphatic rings. The minimum atomic E-state index is -1.32. The molecule has 0 radical (unpaired) electrons. The van der Waals surface area contributed by atoms with Crippen LogP contribution in [0.3, 0.4) is 0 Å². The van der Waals surface area contributed by atoms with Crippen LogP contribution in [0.15, 0.2) is 53.6 Å². The molecule has 0 spiro atoms. The normalized spacial score (nSPS) is 13.4. The third kappa shape index (κ3) is 6.27. The number of carbonyl (C=O) groups excluding carboxylic acids is 1. The first-order chi connectivity index (χ1) is 14.4. The number of carboxylic acid groups (broad SMARTS) is 1. The number of carboxylic acids is 1. The largest absolute Gasteiger partial charge is 0.480 e. The van der Waals surface area contributed by atoms with E-state index in [1.54, 1.807) is 0 Å². The highest BCUT2D eigenvalue weighted by Gasteiger charge is 2.26. The van der Waals surface area contributed by atoms with Crippen LogP contribution in [0, 0.1) is 6.92 Å². The van der Waals surface area contributed by atoms with Crippen molar-refractivity contribution >= 4 is 17.8 Å². The zero-order valence-corrected chi connectivity index (χ0v) is 16.5. The molecule has 2 aromatic rings. The molecule has 2 atom stereocenters. The lowest BCUT2D eigenvalue weighted by atomic mass is 9.99. The number of aliphatic hydroxyl groups excluding tert-OH is 1. The molecule has 30 heavy (non-hydrogen) atoms. The number of hydrazine groups is 1. The molecular formula is C20H26N6O4. The summed E-state index contributed by atoms with van der Waals surface area (Å²) < 4.78 is 0. The molecule has 2 rings (SSSR count). The van der Waals surface area contributed by atoms with Crippen molar-refractivity contribution in [3.63, 3.8) is 0 Å². The summed E-state index contributed by atoms with van der Waals surface area (Å²) in [5, 5.41) is 26.8. The highest BCUT2D eigenvalue weighted by Crippen LogP contribution is 2.21. The van der Waals surface area contributed by atoms with Crippen molar-refractivity contribution in [3.05, 3.63) is 59.7 Å². The van der Waals surface area contributed by atoms with Gasteiger partial charge in [0.2, 0.25) is 11.9 Å². The first-order valence-electron chi connectivity index (χ1n) is 9.19. The fourth-order valence-corrected chi connectivity index (χ4v) is 2.88. The molecule has 0 saturated heterocycles. The molecule has 10 nitrogen and oxygen atoms in total. The van der Waals surface area contributed by atoms with Crippen LogP contribution in [0.5, 0.6) is 0 Å². The van der Waals surface area contributed by atoms with Crippen molar-refractivity contribution in [2.75, 3.05) is 6.61 Å². The molecule has 0 bridgehead atoms. The Hall–Kier alpha value is -3.47. The third-order valence-electron chi connectivity index (χ3n) is 4.45. The molecule has 10 heteroatoms. The molecule has 0 saturated carbocycles. The fourth-order valence-electron chi connectivity index (χ4n) is 2.88. The van der Waals surface area contributed by atoms with Crippen molar-refractivity contribution < 1.29 is 19.8 Å². The second-order valence-corrected chi connectivity index (χ2v) is 6.67. The van der Waals surface area contributed by atoms with Gasteiger partial charge in [-0.1, -0.05) is 54.1 Å². The maximum atomic E-state index is 12.6. The van der Waals surface area contributed by atoms with Gasteiger partial charge >= 0.3 is 5.97 Å². The van der Waals surface area contributed by atoms with E-state index in [2.05, 4.69) is 27.2 Å². The van der Waals surface area contributed by atoms with Gasteiger partial charge in [0.15, 0.2) is 0 Å². The lowest BCUT2D eigenvalue weighted by Crippen LogP contribution is -2.56. The highest BCUT2D eigenvalue weighted by molar-refractivity contribution is 5.99. The number of aliphatic hydroxyl groups is 1. The van der Waals surface area contributed by atoms with Crippen molar-refractivity contribution in [2.24, 2.45) is 16.8 Å². The van der Waals surface area contributed by atoms with E-state index in [0.29, 0.717) is 0 Å². The maximum Gasteiger partial charge on any atom is 0.323 e. The van der Waals surface area contributed by atoms with E-state index >= 15 is 0 Å². The SMILES string of the molecule is Cc1cccc(-c2ccc(CC(NC(CO)C(=O)O)C(=O)N/C(=N\N)NN)cc2)c1. The first kappa shape index (κ1) is 22.8. The van der Waals surface area contributed by atoms with Gasteiger partial charge in [-0.15, -0.1) is 5.10 Å². The smallest absolute Gasteiger partial charge is 0.323 e. The van der Waals surface area contributed by atoms with E-state index in [9.17, 15) is 19.8 Å². The Kier molecular flexibility index (Phi) is 8.29. The first-order valence-corrected chi connectivity index (χ1v) is 9.19. The van der Waals surface area contributed by atoms with Crippen LogP contribution in [-0.2, 0) is 16.0 Å². The van der Waals surface area contributed by atoms with Crippen LogP contribution in [-0.4, -0.2) is 46.7 Å². The van der Waals surface area contributed by atoms with E-state index in [1.165, 1.54) is 0 Å². The minimum Gasteiger partial charge on any atom is -0.480 e. The van der Waals surface area contributed by atoms with Gasteiger partial charge in [0.1, 0.15) is 6.04 Å². The van der Waals surface area contributed by atoms with E-state index in [1.807, 2.05) is 49.4 Å². The summed E-state index contributed by atoms with van der Waals surface area (Å²) in [5.41, 5.74) is 6.13. The van der Waals surface area contributed by atoms with Gasteiger partial charge in [0, 0.05) is 0 Å². The molecular weight excluding hydrogens is 388 g/mol. The molecule has 160 valence electrons. The molecule has 2 unspecified atom stereocenters. The van der Waals surface area contributed by atoms with Crippen molar-refractivity contribution in [2.45, 2.75) is 25.4 Å². The van der Waals surface area contributed by atoms with Crippen LogP contribution in [0.2, 0.25) is 0 Å². The Labute approximate surface area is 173 Å². The number of nitrogens with zero attached hydrogens (tertiary/aromatic N) is 1. The topological polar surface area (TPSA) is 175 Å². The van der Waals surface area contributed by atoms with Crippen LogP contribution in [0.1, 0.15) is 11.1 Å². The lowest BCUT2D eigenvalue weighted by molar-refractivity contribution is -0.141. The maximum absolute atomic E-state index is 12.6. The standard InChI is InChI=1S/C20H26N6O4/c1-12-3-2-4-15(9-12)14-7-5-13(6-8-14)10-16(23-17(11-27)19(29)30)18(28)24-20(25-21)26-22/h2-9,16-17,23,27H,10-11,21-22H2,1H3,(H,29,30)(H2,24,25,26,28). The summed E-state index contributed by atoms with van der Waals surface area (Å²) in [6, 6.07) is 13.3. The number of guanidine groups is 1. The summed E-state index contributed by atoms with van der Waals surface area (Å²) in [5.74, 6) is 8.25. The number of nitrogens with two attached hydrogens (primary N) is 2. The number of aryl methyl sites for hydroxylation is 1. The summed E-state index contributed by atoms with van der Waals surface area (Å²) in [6.07, 6.45) is 0.159. The van der Waals surface area contributed by atoms with E-state index in [4.69, 9.17) is 11.7 Å². The Balaban J connectivity index is 2.21. The molecule has 0 aromatic heterocycles. The van der Waals surface area contributed by atoms with E-state index in [-0.39, 0.29) is 12.4 Å². The van der Waals surface area contributed by atoms with Gasteiger partial charge in [-0.3, -0.25) is 25.6 Å². The van der Waals surface area contributed by atoms with Crippen molar-refractivity contribution in [1.29, 1.82) is 0 Å². The predicted molar refractivity (Wildman–Crippen MR) is 113 cm³/mol. The number of nitrogens with one attached hydrogen (secondary N) is 3. The average Bonchev–Trinajstić information content (AvgIpc) is 2.74. The lowest BCUT2D eigenvalue weighted by Gasteiger charge is -2.22. The summed E-state index contributed by atoms with van der Waals surface area (Å²) in [6.45, 7) is 1.33. The number of hydrogen-bond donors (Lipinski definition) is 7. The fraction of sp³-hybridized carbons (Fsp3) is 0.250. The number of amides is 1. The summed E-state index contributed by atoms with van der Waals surface area (Å²) in [4.78, 5) is 23.9. The second kappa shape index (κ2) is 10.9. The van der Waals surface area contributed by atoms with Gasteiger partial charge in [-0.25, -0.2) is 5.84 Å². The van der Waals surface area contributed by atoms with Gasteiger partial charge in [-0.2, -0.15) is 0 Å². The molecule has 0 fully saturated rings. The van der Waals surface area contributed by atoms with Gasteiger partial charge in [0.25, 0.3) is 0 Å². The van der Waals surface area contributed by atoms with Crippen molar-refractivity contribution in [3.8, 4) is 11.1 Å². The zero-order valence-electron chi connectivity index (χ0n) is 16.5. The molecule has 9 N–H and O–H groups in total. The Morgan fingerprint density at radius 3 is 2.33 bits per heavy atom. The van der Waals surface area contributed by atoms with Gasteiger partial charge < -0.3 is 16.1 Å². The Morgan fingerprint density at radius 1 is 1.10 bits per heavy atom. The van der Waals surface area contributed by atoms with Gasteiger partial charge in [0.05, 0.1) is 12.6 Å². The molecule has 0 heterocycles. The molecule has 0 aliphatic carbocycles. The number of carbonyl (C=O) groups is 2. The van der Waals surface area contributed by atoms with E-state index in [0.717, 1.165) is 22.3 Å². The van der Waals surface area contributed by atoms with Crippen LogP contribution in [0.4, 0.5) is 0 Å². The Morgan fingerprint density at radius 2 is 1.80 bits per heavy atom. The van der Waals surface area contributed by atoms with E-state index < -0.39 is 30.6 Å². The molecule has 0 aliphatic heterocycles. The number of hydrogen-bond acceptors (Lipinski definition) is 7. The second-order valence-electron chi connectivity index (χ2n) is 6.67.